The summed E-state index contributed by atoms with van der Waals surface area (Å²) < 4.78 is 0. The number of hydrogen-bond donors (Lipinski definition) is 0. The zero-order valence-electron chi connectivity index (χ0n) is 10.1. The molecule has 2 nitrogen and oxygen atoms in total. The van der Waals surface area contributed by atoms with Gasteiger partial charge in [0, 0.05) is 23.9 Å². The third kappa shape index (κ3) is 1.72. The van der Waals surface area contributed by atoms with E-state index in [1.807, 2.05) is 0 Å². The van der Waals surface area contributed by atoms with Crippen LogP contribution in [0.2, 0.25) is 0 Å². The molecule has 0 aromatic heterocycles. The lowest BCUT2D eigenvalue weighted by Gasteiger charge is -2.49. The Morgan fingerprint density at radius 1 is 1.43 bits per heavy atom. The Bertz CT molecular complexity index is 226. The molecule has 14 heavy (non-hydrogen) atoms. The van der Waals surface area contributed by atoms with Gasteiger partial charge in [-0.1, -0.05) is 20.8 Å². The number of piperidine rings is 1. The van der Waals surface area contributed by atoms with Crippen LogP contribution in [-0.2, 0) is 4.79 Å². The lowest BCUT2D eigenvalue weighted by molar-refractivity contribution is -0.135. The lowest BCUT2D eigenvalue weighted by Crippen LogP contribution is -2.59. The van der Waals surface area contributed by atoms with Crippen molar-refractivity contribution >= 4 is 5.78 Å². The van der Waals surface area contributed by atoms with Gasteiger partial charge < -0.3 is 0 Å². The van der Waals surface area contributed by atoms with Crippen LogP contribution in [0.15, 0.2) is 0 Å². The largest absolute Gasteiger partial charge is 0.299 e. The van der Waals surface area contributed by atoms with E-state index in [0.29, 0.717) is 11.8 Å². The number of carbonyl (C=O) groups is 1. The van der Waals surface area contributed by atoms with Crippen LogP contribution in [0.4, 0.5) is 0 Å². The molecule has 1 saturated heterocycles. The summed E-state index contributed by atoms with van der Waals surface area (Å²) in [5, 5.41) is 0. The highest BCUT2D eigenvalue weighted by Crippen LogP contribution is 2.34. The second kappa shape index (κ2) is 4.01. The standard InChI is InChI=1S/C12H23NO/c1-6-12(5)8-11(14)9(3)10(4)13(12)7-2/h9-10H,6-8H2,1-5H3. The van der Waals surface area contributed by atoms with Crippen molar-refractivity contribution in [3.63, 3.8) is 0 Å². The number of ketones is 1. The summed E-state index contributed by atoms with van der Waals surface area (Å²) in [7, 11) is 0. The Labute approximate surface area is 87.7 Å². The SMILES string of the molecule is CCN1C(C)C(C)C(=O)CC1(C)CC. The molecule has 0 amide bonds. The molecular formula is C12H23NO. The second-order valence-electron chi connectivity index (χ2n) is 4.81. The van der Waals surface area contributed by atoms with Gasteiger partial charge in [0.15, 0.2) is 0 Å². The minimum Gasteiger partial charge on any atom is -0.299 e. The summed E-state index contributed by atoms with van der Waals surface area (Å²) in [5.41, 5.74) is 0.0950. The van der Waals surface area contributed by atoms with Crippen molar-refractivity contribution in [2.75, 3.05) is 6.54 Å². The maximum atomic E-state index is 11.8. The van der Waals surface area contributed by atoms with Gasteiger partial charge in [0.1, 0.15) is 5.78 Å². The summed E-state index contributed by atoms with van der Waals surface area (Å²) in [4.78, 5) is 14.3. The van der Waals surface area contributed by atoms with Crippen LogP contribution in [-0.4, -0.2) is 28.8 Å². The first kappa shape index (κ1) is 11.7. The summed E-state index contributed by atoms with van der Waals surface area (Å²) in [6.07, 6.45) is 1.78. The fourth-order valence-electron chi connectivity index (χ4n) is 2.67. The smallest absolute Gasteiger partial charge is 0.139 e. The summed E-state index contributed by atoms with van der Waals surface area (Å²) in [6.45, 7) is 11.9. The molecule has 3 unspecified atom stereocenters. The van der Waals surface area contributed by atoms with Gasteiger partial charge in [0.05, 0.1) is 0 Å². The topological polar surface area (TPSA) is 20.3 Å². The molecule has 1 fully saturated rings. The van der Waals surface area contributed by atoms with Crippen LogP contribution < -0.4 is 0 Å². The molecule has 1 aliphatic heterocycles. The molecule has 1 aliphatic rings. The van der Waals surface area contributed by atoms with E-state index in [2.05, 4.69) is 39.5 Å². The Morgan fingerprint density at radius 2 is 2.00 bits per heavy atom. The molecular weight excluding hydrogens is 174 g/mol. The molecule has 0 aliphatic carbocycles. The van der Waals surface area contributed by atoms with Crippen molar-refractivity contribution in [2.45, 2.75) is 59.0 Å². The van der Waals surface area contributed by atoms with E-state index in [9.17, 15) is 4.79 Å². The lowest BCUT2D eigenvalue weighted by atomic mass is 9.77. The molecule has 0 spiro atoms. The molecule has 0 aromatic rings. The number of nitrogens with zero attached hydrogens (tertiary/aromatic N) is 1. The quantitative estimate of drug-likeness (QED) is 0.678. The third-order valence-electron chi connectivity index (χ3n) is 4.07. The highest BCUT2D eigenvalue weighted by molar-refractivity contribution is 5.83. The molecule has 2 heteroatoms. The van der Waals surface area contributed by atoms with E-state index in [-0.39, 0.29) is 11.5 Å². The fraction of sp³-hybridized carbons (Fsp3) is 0.917. The zero-order chi connectivity index (χ0) is 10.9. The third-order valence-corrected chi connectivity index (χ3v) is 4.07. The van der Waals surface area contributed by atoms with Crippen molar-refractivity contribution in [1.29, 1.82) is 0 Å². The molecule has 0 aromatic carbocycles. The van der Waals surface area contributed by atoms with Crippen LogP contribution >= 0.6 is 0 Å². The van der Waals surface area contributed by atoms with Crippen LogP contribution in [0.1, 0.15) is 47.5 Å². The maximum Gasteiger partial charge on any atom is 0.139 e. The van der Waals surface area contributed by atoms with E-state index in [1.54, 1.807) is 0 Å². The van der Waals surface area contributed by atoms with Gasteiger partial charge in [-0.3, -0.25) is 9.69 Å². The van der Waals surface area contributed by atoms with Crippen LogP contribution in [0.5, 0.6) is 0 Å². The van der Waals surface area contributed by atoms with E-state index in [0.717, 1.165) is 19.4 Å². The predicted molar refractivity (Wildman–Crippen MR) is 59.3 cm³/mol. The molecule has 82 valence electrons. The number of carbonyl (C=O) groups excluding carboxylic acids is 1. The van der Waals surface area contributed by atoms with Crippen LogP contribution in [0.25, 0.3) is 0 Å². The minimum absolute atomic E-state index is 0.0950. The first-order chi connectivity index (χ1) is 6.46. The van der Waals surface area contributed by atoms with Gasteiger partial charge in [-0.15, -0.1) is 0 Å². The molecule has 0 radical (unpaired) electrons. The Morgan fingerprint density at radius 3 is 2.43 bits per heavy atom. The summed E-state index contributed by atoms with van der Waals surface area (Å²) in [6, 6.07) is 0.395. The first-order valence-corrected chi connectivity index (χ1v) is 5.75. The minimum atomic E-state index is 0.0950. The number of rotatable bonds is 2. The molecule has 0 N–H and O–H groups in total. The Hall–Kier alpha value is -0.370. The van der Waals surface area contributed by atoms with Crippen LogP contribution in [0.3, 0.4) is 0 Å². The van der Waals surface area contributed by atoms with Crippen molar-refractivity contribution in [1.82, 2.24) is 4.90 Å². The zero-order valence-corrected chi connectivity index (χ0v) is 10.1. The average molecular weight is 197 g/mol. The molecule has 1 rings (SSSR count). The molecule has 1 heterocycles. The predicted octanol–water partition coefficient (Wildman–Crippen LogP) is 2.47. The Kier molecular flexibility index (Phi) is 3.36. The fourth-order valence-corrected chi connectivity index (χ4v) is 2.67. The highest BCUT2D eigenvalue weighted by atomic mass is 16.1. The summed E-state index contributed by atoms with van der Waals surface area (Å²) in [5.74, 6) is 0.640. The highest BCUT2D eigenvalue weighted by Gasteiger charge is 2.43. The van der Waals surface area contributed by atoms with E-state index in [4.69, 9.17) is 0 Å². The number of hydrogen-bond acceptors (Lipinski definition) is 2. The molecule has 0 bridgehead atoms. The maximum absolute atomic E-state index is 11.8. The molecule has 0 saturated carbocycles. The number of likely N-dealkylation sites (tertiary alicyclic amines) is 1. The molecule has 3 atom stereocenters. The number of Topliss-reactive ketones (excluding diaryl/α,β-unsaturated/α-hetero) is 1. The van der Waals surface area contributed by atoms with Gasteiger partial charge in [-0.25, -0.2) is 0 Å². The first-order valence-electron chi connectivity index (χ1n) is 5.75. The average Bonchev–Trinajstić information content (AvgIpc) is 2.15. The van der Waals surface area contributed by atoms with Gasteiger partial charge >= 0.3 is 0 Å². The van der Waals surface area contributed by atoms with Gasteiger partial charge in [-0.05, 0) is 26.8 Å². The second-order valence-corrected chi connectivity index (χ2v) is 4.81. The van der Waals surface area contributed by atoms with Crippen molar-refractivity contribution in [2.24, 2.45) is 5.92 Å². The van der Waals surface area contributed by atoms with Gasteiger partial charge in [-0.2, -0.15) is 0 Å². The van der Waals surface area contributed by atoms with E-state index in [1.165, 1.54) is 0 Å². The van der Waals surface area contributed by atoms with E-state index >= 15 is 0 Å². The van der Waals surface area contributed by atoms with Crippen LogP contribution in [0, 0.1) is 5.92 Å². The van der Waals surface area contributed by atoms with Gasteiger partial charge in [0.25, 0.3) is 0 Å². The monoisotopic (exact) mass is 197 g/mol. The Balaban J connectivity index is 2.93. The van der Waals surface area contributed by atoms with Crippen molar-refractivity contribution < 1.29 is 4.79 Å². The van der Waals surface area contributed by atoms with E-state index < -0.39 is 0 Å². The summed E-state index contributed by atoms with van der Waals surface area (Å²) >= 11 is 0. The van der Waals surface area contributed by atoms with Gasteiger partial charge in [0.2, 0.25) is 0 Å². The van der Waals surface area contributed by atoms with Crippen molar-refractivity contribution in [3.05, 3.63) is 0 Å². The van der Waals surface area contributed by atoms with Crippen molar-refractivity contribution in [3.8, 4) is 0 Å². The normalized spacial score (nSPS) is 40.2.